The number of fused-ring (bicyclic) bond motifs is 5. The smallest absolute Gasteiger partial charge is 0.0540 e. The maximum absolute atomic E-state index is 3.93. The maximum atomic E-state index is 3.93. The molecule has 0 saturated carbocycles. The molecule has 0 spiro atoms. The van der Waals surface area contributed by atoms with Crippen molar-refractivity contribution in [1.82, 2.24) is 0 Å². The molecule has 2 atom stereocenters. The highest BCUT2D eigenvalue weighted by atomic mass is 15.1. The number of hydrogen-bond acceptors (Lipinski definition) is 2. The summed E-state index contributed by atoms with van der Waals surface area (Å²) < 4.78 is 0. The molecule has 2 heteroatoms. The van der Waals surface area contributed by atoms with Crippen molar-refractivity contribution in [2.45, 2.75) is 12.8 Å². The first-order valence-corrected chi connectivity index (χ1v) is 19.2. The largest absolute Gasteiger partial charge is 0.355 e. The summed E-state index contributed by atoms with van der Waals surface area (Å²) in [7, 11) is 0. The van der Waals surface area contributed by atoms with Crippen LogP contribution in [0.5, 0.6) is 0 Å². The van der Waals surface area contributed by atoms with Crippen molar-refractivity contribution in [2.24, 2.45) is 5.92 Å². The molecule has 2 unspecified atom stereocenters. The van der Waals surface area contributed by atoms with E-state index in [1.165, 1.54) is 65.5 Å². The van der Waals surface area contributed by atoms with Crippen LogP contribution in [0, 0.1) is 5.92 Å². The molecular formula is C53H40N2. The normalized spacial score (nSPS) is 15.2. The molecule has 55 heavy (non-hydrogen) atoms. The standard InChI is InChI=1S/C53H40N2/c1-36-14-2-5-19-43(36)52-48-24-10-8-22-46(48)47-23-9-11-25-49(47)53(52)54-41-32-28-37(29-33-41)38-30-34-42(35-31-38)55(50-26-12-17-39-15-3-6-20-44(39)50)51-27-13-18-40-16-4-7-21-45(40)51/h2-36,43,54H,1H3. The highest BCUT2D eigenvalue weighted by molar-refractivity contribution is 6.16. The van der Waals surface area contributed by atoms with Crippen molar-refractivity contribution in [1.29, 1.82) is 0 Å². The number of anilines is 5. The van der Waals surface area contributed by atoms with Crippen LogP contribution < -0.4 is 10.2 Å². The fourth-order valence-electron chi connectivity index (χ4n) is 8.63. The molecule has 0 radical (unpaired) electrons. The number of hydrogen-bond donors (Lipinski definition) is 1. The van der Waals surface area contributed by atoms with Gasteiger partial charge in [-0.2, -0.15) is 0 Å². The molecule has 10 rings (SSSR count). The molecule has 0 aromatic heterocycles. The summed E-state index contributed by atoms with van der Waals surface area (Å²) in [6.45, 7) is 2.32. The Balaban J connectivity index is 1.02. The summed E-state index contributed by atoms with van der Waals surface area (Å²) in [6.07, 6.45) is 9.05. The van der Waals surface area contributed by atoms with Gasteiger partial charge in [-0.05, 0) is 85.9 Å². The van der Waals surface area contributed by atoms with Crippen LogP contribution in [0.2, 0.25) is 0 Å². The predicted octanol–water partition coefficient (Wildman–Crippen LogP) is 15.0. The number of allylic oxidation sites excluding steroid dienone is 4. The summed E-state index contributed by atoms with van der Waals surface area (Å²) in [5.41, 5.74) is 9.40. The lowest BCUT2D eigenvalue weighted by Gasteiger charge is -2.28. The lowest BCUT2D eigenvalue weighted by atomic mass is 9.79. The van der Waals surface area contributed by atoms with Gasteiger partial charge in [0.15, 0.2) is 0 Å². The molecule has 1 aliphatic carbocycles. The Morgan fingerprint density at radius 3 is 1.49 bits per heavy atom. The minimum Gasteiger partial charge on any atom is -0.355 e. The van der Waals surface area contributed by atoms with Crippen LogP contribution in [0.25, 0.3) is 54.2 Å². The molecule has 0 bridgehead atoms. The van der Waals surface area contributed by atoms with Gasteiger partial charge in [-0.25, -0.2) is 0 Å². The molecule has 0 saturated heterocycles. The lowest BCUT2D eigenvalue weighted by molar-refractivity contribution is 0.641. The first-order chi connectivity index (χ1) is 27.2. The second kappa shape index (κ2) is 13.8. The van der Waals surface area contributed by atoms with Crippen LogP contribution in [0.15, 0.2) is 206 Å². The highest BCUT2D eigenvalue weighted by Gasteiger charge is 2.25. The Morgan fingerprint density at radius 2 is 0.891 bits per heavy atom. The molecule has 0 aliphatic heterocycles. The van der Waals surface area contributed by atoms with Gasteiger partial charge in [-0.3, -0.25) is 0 Å². The average Bonchev–Trinajstić information content (AvgIpc) is 3.25. The van der Waals surface area contributed by atoms with E-state index >= 15 is 0 Å². The van der Waals surface area contributed by atoms with Crippen LogP contribution in [-0.2, 0) is 0 Å². The maximum Gasteiger partial charge on any atom is 0.0540 e. The van der Waals surface area contributed by atoms with E-state index in [1.807, 2.05) is 0 Å². The predicted molar refractivity (Wildman–Crippen MR) is 236 cm³/mol. The summed E-state index contributed by atoms with van der Waals surface area (Å²) in [4.78, 5) is 2.41. The highest BCUT2D eigenvalue weighted by Crippen LogP contribution is 2.46. The summed E-state index contributed by atoms with van der Waals surface area (Å²) in [5, 5.41) is 13.9. The van der Waals surface area contributed by atoms with E-state index in [2.05, 4.69) is 223 Å². The number of rotatable bonds is 7. The van der Waals surface area contributed by atoms with E-state index in [9.17, 15) is 0 Å². The third-order valence-corrected chi connectivity index (χ3v) is 11.3. The molecule has 0 amide bonds. The van der Waals surface area contributed by atoms with Gasteiger partial charge in [-0.15, -0.1) is 0 Å². The second-order valence-electron chi connectivity index (χ2n) is 14.6. The van der Waals surface area contributed by atoms with Gasteiger partial charge in [0.2, 0.25) is 0 Å². The number of benzene rings is 9. The van der Waals surface area contributed by atoms with Crippen molar-refractivity contribution in [3.63, 3.8) is 0 Å². The zero-order valence-corrected chi connectivity index (χ0v) is 30.7. The zero-order chi connectivity index (χ0) is 36.7. The summed E-state index contributed by atoms with van der Waals surface area (Å²) in [6, 6.07) is 66.1. The van der Waals surface area contributed by atoms with E-state index in [4.69, 9.17) is 0 Å². The van der Waals surface area contributed by atoms with Crippen LogP contribution in [0.1, 0.15) is 18.4 Å². The molecule has 262 valence electrons. The molecule has 0 heterocycles. The van der Waals surface area contributed by atoms with Crippen molar-refractivity contribution in [3.8, 4) is 11.1 Å². The third kappa shape index (κ3) is 5.84. The second-order valence-corrected chi connectivity index (χ2v) is 14.6. The first-order valence-electron chi connectivity index (χ1n) is 19.2. The Labute approximate surface area is 322 Å². The Morgan fingerprint density at radius 1 is 0.418 bits per heavy atom. The zero-order valence-electron chi connectivity index (χ0n) is 30.7. The average molecular weight is 705 g/mol. The molecular weight excluding hydrogens is 665 g/mol. The van der Waals surface area contributed by atoms with Crippen molar-refractivity contribution >= 4 is 71.5 Å². The monoisotopic (exact) mass is 704 g/mol. The van der Waals surface area contributed by atoms with Gasteiger partial charge in [0.1, 0.15) is 0 Å². The van der Waals surface area contributed by atoms with Gasteiger partial charge >= 0.3 is 0 Å². The van der Waals surface area contributed by atoms with Crippen molar-refractivity contribution in [3.05, 3.63) is 212 Å². The molecule has 9 aromatic rings. The molecule has 1 aliphatic rings. The van der Waals surface area contributed by atoms with E-state index < -0.39 is 0 Å². The van der Waals surface area contributed by atoms with Crippen LogP contribution in [-0.4, -0.2) is 0 Å². The van der Waals surface area contributed by atoms with Gasteiger partial charge < -0.3 is 10.2 Å². The van der Waals surface area contributed by atoms with Gasteiger partial charge in [0.05, 0.1) is 17.1 Å². The topological polar surface area (TPSA) is 15.3 Å². The van der Waals surface area contributed by atoms with Crippen molar-refractivity contribution < 1.29 is 0 Å². The van der Waals surface area contributed by atoms with Gasteiger partial charge in [0.25, 0.3) is 0 Å². The molecule has 2 nitrogen and oxygen atoms in total. The minimum absolute atomic E-state index is 0.266. The number of nitrogens with one attached hydrogen (secondary N) is 1. The fraction of sp³-hybridized carbons (Fsp3) is 0.0566. The summed E-state index contributed by atoms with van der Waals surface area (Å²) >= 11 is 0. The van der Waals surface area contributed by atoms with Gasteiger partial charge in [-0.1, -0.05) is 177 Å². The van der Waals surface area contributed by atoms with Gasteiger partial charge in [0, 0.05) is 33.5 Å². The Hall–Kier alpha value is -6.90. The number of nitrogens with zero attached hydrogens (tertiary/aromatic N) is 1. The third-order valence-electron chi connectivity index (χ3n) is 11.3. The quantitative estimate of drug-likeness (QED) is 0.166. The molecule has 1 N–H and O–H groups in total. The van der Waals surface area contributed by atoms with E-state index in [-0.39, 0.29) is 5.92 Å². The molecule has 9 aromatic carbocycles. The van der Waals surface area contributed by atoms with E-state index in [0.29, 0.717) is 5.92 Å². The van der Waals surface area contributed by atoms with Crippen LogP contribution in [0.3, 0.4) is 0 Å². The first kappa shape index (κ1) is 32.7. The van der Waals surface area contributed by atoms with Crippen LogP contribution in [0.4, 0.5) is 28.4 Å². The minimum atomic E-state index is 0.266. The lowest BCUT2D eigenvalue weighted by Crippen LogP contribution is -2.11. The summed E-state index contributed by atoms with van der Waals surface area (Å²) in [5.74, 6) is 0.653. The van der Waals surface area contributed by atoms with E-state index in [0.717, 1.165) is 22.7 Å². The van der Waals surface area contributed by atoms with Crippen molar-refractivity contribution in [2.75, 3.05) is 10.2 Å². The van der Waals surface area contributed by atoms with Crippen LogP contribution >= 0.6 is 0 Å². The Kier molecular flexibility index (Phi) is 8.22. The van der Waals surface area contributed by atoms with E-state index in [1.54, 1.807) is 0 Å². The molecule has 0 fully saturated rings. The Bertz CT molecular complexity index is 2830. The SMILES string of the molecule is CC1C=CC=CC1c1c(Nc2ccc(-c3ccc(N(c4cccc5ccccc45)c4cccc5ccccc45)cc3)cc2)c2ccccc2c2ccccc12. The fourth-order valence-corrected chi connectivity index (χ4v) is 8.63.